The molecule has 42 heavy (non-hydrogen) atoms. The Hall–Kier alpha value is -4.17. The molecule has 2 aromatic carbocycles. The van der Waals surface area contributed by atoms with Crippen LogP contribution in [0.15, 0.2) is 77.8 Å². The number of anilines is 3. The van der Waals surface area contributed by atoms with E-state index in [0.717, 1.165) is 4.90 Å². The summed E-state index contributed by atoms with van der Waals surface area (Å²) in [6.45, 7) is 1.67. The van der Waals surface area contributed by atoms with Crippen LogP contribution in [0.4, 0.5) is 39.5 Å². The first-order valence-corrected chi connectivity index (χ1v) is 14.5. The van der Waals surface area contributed by atoms with Gasteiger partial charge in [-0.1, -0.05) is 30.3 Å². The molecule has 0 radical (unpaired) electrons. The third-order valence-corrected chi connectivity index (χ3v) is 8.52. The molecule has 14 heteroatoms. The minimum Gasteiger partial charge on any atom is -0.353 e. The van der Waals surface area contributed by atoms with Crippen LogP contribution in [0.2, 0.25) is 0 Å². The largest absolute Gasteiger partial charge is 0.435 e. The third kappa shape index (κ3) is 7.18. The Morgan fingerprint density at radius 2 is 1.64 bits per heavy atom. The molecule has 0 spiro atoms. The number of thiazole rings is 1. The molecule has 3 amide bonds. The van der Waals surface area contributed by atoms with E-state index in [1.165, 1.54) is 36.2 Å². The molecule has 4 aromatic rings. The second-order valence-corrected chi connectivity index (χ2v) is 11.3. The molecule has 0 aliphatic carbocycles. The zero-order valence-corrected chi connectivity index (χ0v) is 23.5. The van der Waals surface area contributed by atoms with Crippen molar-refractivity contribution >= 4 is 52.2 Å². The van der Waals surface area contributed by atoms with Crippen molar-refractivity contribution < 1.29 is 27.2 Å². The lowest BCUT2D eigenvalue weighted by Crippen LogP contribution is -2.50. The van der Waals surface area contributed by atoms with Crippen LogP contribution in [0.25, 0.3) is 0 Å². The number of amides is 3. The number of halogens is 4. The van der Waals surface area contributed by atoms with E-state index < -0.39 is 34.5 Å². The third-order valence-electron chi connectivity index (χ3n) is 6.26. The van der Waals surface area contributed by atoms with Gasteiger partial charge >= 0.3 is 12.2 Å². The van der Waals surface area contributed by atoms with Gasteiger partial charge in [0.15, 0.2) is 5.69 Å². The van der Waals surface area contributed by atoms with E-state index >= 15 is 0 Å². The van der Waals surface area contributed by atoms with Crippen LogP contribution in [0, 0.1) is 5.82 Å². The Balaban J connectivity index is 1.18. The van der Waals surface area contributed by atoms with Crippen molar-refractivity contribution in [3.8, 4) is 0 Å². The zero-order valence-electron chi connectivity index (χ0n) is 21.9. The average Bonchev–Trinajstić information content (AvgIpc) is 3.44. The maximum Gasteiger partial charge on any atom is 0.435 e. The molecular formula is C28H24F4N6O2S2. The quantitative estimate of drug-likeness (QED) is 0.180. The summed E-state index contributed by atoms with van der Waals surface area (Å²) in [5.74, 6) is -0.663. The molecule has 1 aliphatic heterocycles. The summed E-state index contributed by atoms with van der Waals surface area (Å²) in [6, 6.07) is 17.9. The van der Waals surface area contributed by atoms with E-state index in [1.54, 1.807) is 23.1 Å². The van der Waals surface area contributed by atoms with Crippen LogP contribution in [0.5, 0.6) is 0 Å². The molecule has 2 aromatic heterocycles. The molecule has 1 fully saturated rings. The molecular weight excluding hydrogens is 592 g/mol. The number of para-hydroxylation sites is 1. The summed E-state index contributed by atoms with van der Waals surface area (Å²) in [7, 11) is 0. The number of hydrogen-bond donors (Lipinski definition) is 2. The van der Waals surface area contributed by atoms with Crippen LogP contribution >= 0.6 is 23.1 Å². The van der Waals surface area contributed by atoms with Crippen molar-refractivity contribution in [2.45, 2.75) is 16.8 Å². The van der Waals surface area contributed by atoms with Crippen molar-refractivity contribution in [2.75, 3.05) is 41.7 Å². The van der Waals surface area contributed by atoms with Crippen molar-refractivity contribution in [3.63, 3.8) is 0 Å². The number of piperazine rings is 1. The second-order valence-electron chi connectivity index (χ2n) is 9.13. The predicted molar refractivity (Wildman–Crippen MR) is 155 cm³/mol. The Labute approximate surface area is 246 Å². The van der Waals surface area contributed by atoms with Crippen LogP contribution in [0.1, 0.15) is 20.4 Å². The lowest BCUT2D eigenvalue weighted by atomic mass is 10.3. The molecule has 0 atom stereocenters. The molecule has 0 unspecified atom stereocenters. The second kappa shape index (κ2) is 12.8. The summed E-state index contributed by atoms with van der Waals surface area (Å²) in [5.41, 5.74) is -0.879. The lowest BCUT2D eigenvalue weighted by molar-refractivity contribution is -0.141. The molecule has 5 rings (SSSR count). The summed E-state index contributed by atoms with van der Waals surface area (Å²) in [5, 5.41) is 5.25. The summed E-state index contributed by atoms with van der Waals surface area (Å²) >= 11 is 2.05. The number of aromatic nitrogens is 2. The highest BCUT2D eigenvalue weighted by Crippen LogP contribution is 2.36. The predicted octanol–water partition coefficient (Wildman–Crippen LogP) is 6.59. The minimum atomic E-state index is -4.78. The van der Waals surface area contributed by atoms with E-state index in [9.17, 15) is 27.2 Å². The van der Waals surface area contributed by atoms with Gasteiger partial charge in [-0.05, 0) is 36.4 Å². The van der Waals surface area contributed by atoms with E-state index in [2.05, 4.69) is 20.6 Å². The highest BCUT2D eigenvalue weighted by molar-refractivity contribution is 7.98. The number of urea groups is 1. The summed E-state index contributed by atoms with van der Waals surface area (Å²) in [6.07, 6.45) is -3.42. The van der Waals surface area contributed by atoms with Crippen LogP contribution < -0.4 is 15.5 Å². The Morgan fingerprint density at radius 3 is 2.31 bits per heavy atom. The highest BCUT2D eigenvalue weighted by atomic mass is 32.2. The van der Waals surface area contributed by atoms with E-state index in [1.807, 2.05) is 35.2 Å². The van der Waals surface area contributed by atoms with Gasteiger partial charge in [-0.25, -0.2) is 19.2 Å². The number of nitrogens with one attached hydrogen (secondary N) is 2. The first-order chi connectivity index (χ1) is 20.2. The standard InChI is InChI=1S/C28H24F4N6O2S2/c29-20-8-4-5-9-21(20)35-27(40)38-14-12-37(13-15-38)22-11-10-18(16-33-22)34-26(39)24-25(28(30,31)32)36-23(42-24)17-41-19-6-2-1-3-7-19/h1-11,16H,12-15,17H2,(H,34,39)(H,35,40). The number of nitrogens with zero attached hydrogens (tertiary/aromatic N) is 4. The number of thioether (sulfide) groups is 1. The van der Waals surface area contributed by atoms with Gasteiger partial charge in [-0.15, -0.1) is 23.1 Å². The van der Waals surface area contributed by atoms with Crippen molar-refractivity contribution in [3.05, 3.63) is 94.3 Å². The number of benzene rings is 2. The Bertz CT molecular complexity index is 1540. The fourth-order valence-electron chi connectivity index (χ4n) is 4.16. The summed E-state index contributed by atoms with van der Waals surface area (Å²) in [4.78, 5) is 37.3. The van der Waals surface area contributed by atoms with Crippen molar-refractivity contribution in [1.82, 2.24) is 14.9 Å². The number of pyridine rings is 1. The number of alkyl halides is 3. The van der Waals surface area contributed by atoms with Crippen LogP contribution in [0.3, 0.4) is 0 Å². The Kier molecular flexibility index (Phi) is 8.92. The molecule has 0 saturated carbocycles. The normalized spacial score (nSPS) is 13.6. The SMILES string of the molecule is O=C(Nc1ccc(N2CCN(C(=O)Nc3ccccc3F)CC2)nc1)c1sc(CSc2ccccc2)nc1C(F)(F)F. The zero-order chi connectivity index (χ0) is 29.7. The lowest BCUT2D eigenvalue weighted by Gasteiger charge is -2.35. The molecule has 1 saturated heterocycles. The summed E-state index contributed by atoms with van der Waals surface area (Å²) < 4.78 is 54.9. The maximum absolute atomic E-state index is 13.8. The molecule has 8 nitrogen and oxygen atoms in total. The maximum atomic E-state index is 13.8. The topological polar surface area (TPSA) is 90.5 Å². The molecule has 2 N–H and O–H groups in total. The van der Waals surface area contributed by atoms with E-state index in [4.69, 9.17) is 0 Å². The Morgan fingerprint density at radius 1 is 0.929 bits per heavy atom. The number of carbonyl (C=O) groups excluding carboxylic acids is 2. The van der Waals surface area contributed by atoms with Crippen molar-refractivity contribution in [1.29, 1.82) is 0 Å². The average molecular weight is 617 g/mol. The van der Waals surface area contributed by atoms with Gasteiger partial charge in [0.05, 0.1) is 23.3 Å². The monoisotopic (exact) mass is 616 g/mol. The van der Waals surface area contributed by atoms with Gasteiger partial charge in [0, 0.05) is 31.1 Å². The molecule has 0 bridgehead atoms. The molecule has 1 aliphatic rings. The van der Waals surface area contributed by atoms with Gasteiger partial charge in [0.2, 0.25) is 0 Å². The van der Waals surface area contributed by atoms with Gasteiger partial charge in [0.1, 0.15) is 21.5 Å². The van der Waals surface area contributed by atoms with Crippen LogP contribution in [-0.2, 0) is 11.9 Å². The van der Waals surface area contributed by atoms with Crippen molar-refractivity contribution in [2.24, 2.45) is 0 Å². The van der Waals surface area contributed by atoms with Gasteiger partial charge in [-0.3, -0.25) is 4.79 Å². The van der Waals surface area contributed by atoms with Crippen LogP contribution in [-0.4, -0.2) is 53.0 Å². The van der Waals surface area contributed by atoms with E-state index in [0.29, 0.717) is 43.3 Å². The fourth-order valence-corrected chi connectivity index (χ4v) is 6.06. The van der Waals surface area contributed by atoms with Gasteiger partial charge < -0.3 is 20.4 Å². The number of carbonyl (C=O) groups is 2. The first-order valence-electron chi connectivity index (χ1n) is 12.7. The first kappa shape index (κ1) is 29.3. The smallest absolute Gasteiger partial charge is 0.353 e. The number of rotatable bonds is 7. The molecule has 218 valence electrons. The van der Waals surface area contributed by atoms with Gasteiger partial charge in [0.25, 0.3) is 5.91 Å². The van der Waals surface area contributed by atoms with Gasteiger partial charge in [-0.2, -0.15) is 13.2 Å². The van der Waals surface area contributed by atoms with E-state index in [-0.39, 0.29) is 22.1 Å². The minimum absolute atomic E-state index is 0.104. The number of hydrogen-bond acceptors (Lipinski definition) is 7. The highest BCUT2D eigenvalue weighted by Gasteiger charge is 2.39. The molecule has 3 heterocycles. The fraction of sp³-hybridized carbons (Fsp3) is 0.214.